The minimum Gasteiger partial charge on any atom is -0.207 e. The molecule has 2 atom stereocenters. The molecule has 0 aliphatic heterocycles. The smallest absolute Gasteiger partial charge is 0.207 e. The molecule has 0 heterocycles. The largest absolute Gasteiger partial charge is 0.251 e. The highest BCUT2D eigenvalue weighted by Crippen LogP contribution is 2.45. The normalized spacial score (nSPS) is 27.2. The second kappa shape index (κ2) is 4.56. The van der Waals surface area contributed by atoms with Crippen LogP contribution in [0.15, 0.2) is 12.1 Å². The van der Waals surface area contributed by atoms with Gasteiger partial charge in [-0.05, 0) is 36.8 Å². The average molecular weight is 260 g/mol. The second-order valence-corrected chi connectivity index (χ2v) is 5.24. The Hall–Kier alpha value is -1.06. The molecule has 1 aromatic rings. The van der Waals surface area contributed by atoms with Gasteiger partial charge in [0, 0.05) is 12.3 Å². The van der Waals surface area contributed by atoms with Crippen LogP contribution in [0.4, 0.5) is 17.6 Å². The van der Waals surface area contributed by atoms with Crippen molar-refractivity contribution in [3.8, 4) is 0 Å². The summed E-state index contributed by atoms with van der Waals surface area (Å²) in [6.07, 6.45) is 0.427. The Morgan fingerprint density at radius 2 is 1.78 bits per heavy atom. The third kappa shape index (κ3) is 2.25. The van der Waals surface area contributed by atoms with Crippen LogP contribution < -0.4 is 0 Å². The molecule has 1 fully saturated rings. The summed E-state index contributed by atoms with van der Waals surface area (Å²) in [5, 5.41) is 0. The van der Waals surface area contributed by atoms with Gasteiger partial charge in [-0.15, -0.1) is 0 Å². The highest BCUT2D eigenvalue weighted by atomic mass is 19.3. The van der Waals surface area contributed by atoms with E-state index in [1.165, 1.54) is 26.0 Å². The Labute approximate surface area is 104 Å². The van der Waals surface area contributed by atoms with E-state index in [9.17, 15) is 17.6 Å². The van der Waals surface area contributed by atoms with Crippen molar-refractivity contribution in [2.24, 2.45) is 5.92 Å². The van der Waals surface area contributed by atoms with Crippen molar-refractivity contribution in [3.05, 3.63) is 34.9 Å². The van der Waals surface area contributed by atoms with Crippen molar-refractivity contribution in [3.63, 3.8) is 0 Å². The summed E-state index contributed by atoms with van der Waals surface area (Å²) >= 11 is 0. The number of hydrogen-bond acceptors (Lipinski definition) is 0. The Balaban J connectivity index is 2.31. The third-order valence-corrected chi connectivity index (χ3v) is 3.93. The summed E-state index contributed by atoms with van der Waals surface area (Å²) in [6, 6.07) is 2.88. The van der Waals surface area contributed by atoms with Crippen molar-refractivity contribution in [2.45, 2.75) is 45.0 Å². The highest BCUT2D eigenvalue weighted by molar-refractivity contribution is 5.29. The monoisotopic (exact) mass is 260 g/mol. The van der Waals surface area contributed by atoms with Crippen molar-refractivity contribution in [1.82, 2.24) is 0 Å². The summed E-state index contributed by atoms with van der Waals surface area (Å²) < 4.78 is 54.5. The molecule has 18 heavy (non-hydrogen) atoms. The summed E-state index contributed by atoms with van der Waals surface area (Å²) in [5.74, 6) is -5.96. The molecule has 0 radical (unpaired) electrons. The Morgan fingerprint density at radius 3 is 2.39 bits per heavy atom. The molecule has 1 aliphatic carbocycles. The first kappa shape index (κ1) is 13.4. The maximum absolute atomic E-state index is 13.8. The first-order valence-corrected chi connectivity index (χ1v) is 6.15. The number of benzene rings is 1. The number of rotatable bonds is 1. The van der Waals surface area contributed by atoms with Crippen LogP contribution in [0.1, 0.15) is 43.2 Å². The van der Waals surface area contributed by atoms with E-state index >= 15 is 0 Å². The quantitative estimate of drug-likeness (QED) is 0.635. The predicted octanol–water partition coefficient (Wildman–Crippen LogP) is 4.81. The van der Waals surface area contributed by atoms with Gasteiger partial charge in [-0.25, -0.2) is 17.6 Å². The first-order valence-electron chi connectivity index (χ1n) is 6.15. The second-order valence-electron chi connectivity index (χ2n) is 5.24. The Bertz CT molecular complexity index is 453. The SMILES string of the molecule is Cc1ccc(C2CCC(C)C(F)(F)C2)c(F)c1F. The van der Waals surface area contributed by atoms with Crippen LogP contribution in [-0.4, -0.2) is 5.92 Å². The van der Waals surface area contributed by atoms with Gasteiger partial charge in [0.15, 0.2) is 11.6 Å². The van der Waals surface area contributed by atoms with E-state index < -0.39 is 35.8 Å². The molecule has 1 aliphatic rings. The molecule has 0 saturated heterocycles. The van der Waals surface area contributed by atoms with E-state index in [2.05, 4.69) is 0 Å². The van der Waals surface area contributed by atoms with Gasteiger partial charge in [-0.1, -0.05) is 19.1 Å². The van der Waals surface area contributed by atoms with E-state index in [1.807, 2.05) is 0 Å². The lowest BCUT2D eigenvalue weighted by atomic mass is 9.76. The number of aryl methyl sites for hydroxylation is 1. The molecule has 0 nitrogen and oxygen atoms in total. The lowest BCUT2D eigenvalue weighted by Crippen LogP contribution is -2.33. The minimum absolute atomic E-state index is 0.0877. The van der Waals surface area contributed by atoms with E-state index in [0.29, 0.717) is 12.8 Å². The standard InChI is InChI=1S/C14H16F4/c1-8-3-6-11(13(16)12(8)15)10-5-4-9(2)14(17,18)7-10/h3,6,9-10H,4-5,7H2,1-2H3. The molecule has 1 saturated carbocycles. The minimum atomic E-state index is -2.79. The fourth-order valence-corrected chi connectivity index (χ4v) is 2.54. The Morgan fingerprint density at radius 1 is 1.11 bits per heavy atom. The van der Waals surface area contributed by atoms with Crippen molar-refractivity contribution < 1.29 is 17.6 Å². The molecule has 0 spiro atoms. The van der Waals surface area contributed by atoms with Crippen LogP contribution in [0.25, 0.3) is 0 Å². The lowest BCUT2D eigenvalue weighted by molar-refractivity contribution is -0.0851. The van der Waals surface area contributed by atoms with Crippen molar-refractivity contribution in [1.29, 1.82) is 0 Å². The average Bonchev–Trinajstić information content (AvgIpc) is 2.30. The van der Waals surface area contributed by atoms with Gasteiger partial charge in [0.05, 0.1) is 0 Å². The molecule has 0 aromatic heterocycles. The van der Waals surface area contributed by atoms with Gasteiger partial charge in [-0.2, -0.15) is 0 Å². The van der Waals surface area contributed by atoms with E-state index in [0.717, 1.165) is 0 Å². The van der Waals surface area contributed by atoms with Crippen LogP contribution >= 0.6 is 0 Å². The van der Waals surface area contributed by atoms with Crippen molar-refractivity contribution >= 4 is 0 Å². The summed E-state index contributed by atoms with van der Waals surface area (Å²) in [7, 11) is 0. The fourth-order valence-electron chi connectivity index (χ4n) is 2.54. The van der Waals surface area contributed by atoms with Gasteiger partial charge in [0.1, 0.15) is 0 Å². The topological polar surface area (TPSA) is 0 Å². The zero-order chi connectivity index (χ0) is 13.5. The van der Waals surface area contributed by atoms with Gasteiger partial charge < -0.3 is 0 Å². The number of hydrogen-bond donors (Lipinski definition) is 0. The van der Waals surface area contributed by atoms with E-state index in [1.54, 1.807) is 0 Å². The molecular weight excluding hydrogens is 244 g/mol. The maximum Gasteiger partial charge on any atom is 0.251 e. The fraction of sp³-hybridized carbons (Fsp3) is 0.571. The predicted molar refractivity (Wildman–Crippen MR) is 61.8 cm³/mol. The summed E-state index contributed by atoms with van der Waals surface area (Å²) in [5.41, 5.74) is 0.289. The van der Waals surface area contributed by atoms with Crippen LogP contribution in [0.3, 0.4) is 0 Å². The third-order valence-electron chi connectivity index (χ3n) is 3.93. The summed E-state index contributed by atoms with van der Waals surface area (Å²) in [6.45, 7) is 2.96. The lowest BCUT2D eigenvalue weighted by Gasteiger charge is -2.34. The van der Waals surface area contributed by atoms with Gasteiger partial charge in [0.25, 0.3) is 5.92 Å². The van der Waals surface area contributed by atoms with Crippen LogP contribution in [0.2, 0.25) is 0 Å². The molecule has 0 N–H and O–H groups in total. The number of alkyl halides is 2. The van der Waals surface area contributed by atoms with Crippen LogP contribution in [-0.2, 0) is 0 Å². The molecular formula is C14H16F4. The first-order chi connectivity index (χ1) is 8.33. The maximum atomic E-state index is 13.8. The van der Waals surface area contributed by atoms with E-state index in [4.69, 9.17) is 0 Å². The molecule has 2 rings (SSSR count). The van der Waals surface area contributed by atoms with E-state index in [-0.39, 0.29) is 11.1 Å². The van der Waals surface area contributed by atoms with Gasteiger partial charge >= 0.3 is 0 Å². The molecule has 0 amide bonds. The number of halogens is 4. The highest BCUT2D eigenvalue weighted by Gasteiger charge is 2.43. The van der Waals surface area contributed by atoms with Crippen LogP contribution in [0.5, 0.6) is 0 Å². The molecule has 1 aromatic carbocycles. The van der Waals surface area contributed by atoms with Crippen molar-refractivity contribution in [2.75, 3.05) is 0 Å². The Kier molecular flexibility index (Phi) is 3.39. The molecule has 4 heteroatoms. The van der Waals surface area contributed by atoms with Gasteiger partial charge in [0.2, 0.25) is 0 Å². The van der Waals surface area contributed by atoms with Crippen LogP contribution in [0, 0.1) is 24.5 Å². The molecule has 100 valence electrons. The zero-order valence-electron chi connectivity index (χ0n) is 10.4. The molecule has 0 bridgehead atoms. The summed E-state index contributed by atoms with van der Waals surface area (Å²) in [4.78, 5) is 0. The van der Waals surface area contributed by atoms with Gasteiger partial charge in [-0.3, -0.25) is 0 Å². The zero-order valence-corrected chi connectivity index (χ0v) is 10.4. The molecule has 2 unspecified atom stereocenters.